The first-order chi connectivity index (χ1) is 8.25. The minimum Gasteiger partial charge on any atom is -0.299 e. The molecule has 0 saturated heterocycles. The predicted octanol–water partition coefficient (Wildman–Crippen LogP) is 2.14. The lowest BCUT2D eigenvalue weighted by atomic mass is 9.70. The number of carbonyl (C=O) groups is 1. The third-order valence-electron chi connectivity index (χ3n) is 5.03. The van der Waals surface area contributed by atoms with E-state index in [9.17, 15) is 13.2 Å². The fraction of sp³-hybridized carbons (Fsp3) is 0.923. The molecule has 4 nitrogen and oxygen atoms in total. The van der Waals surface area contributed by atoms with Gasteiger partial charge in [-0.1, -0.05) is 20.8 Å². The Kier molecular flexibility index (Phi) is 3.35. The molecule has 5 heteroatoms. The van der Waals surface area contributed by atoms with Gasteiger partial charge in [0.25, 0.3) is 10.1 Å². The average Bonchev–Trinajstić information content (AvgIpc) is 2.59. The molecule has 2 atom stereocenters. The van der Waals surface area contributed by atoms with Gasteiger partial charge < -0.3 is 0 Å². The molecule has 0 amide bonds. The highest BCUT2D eigenvalue weighted by Gasteiger charge is 2.65. The standard InChI is InChI=1S/C13H22O4S/c1-4-7-17-18(15,16)9-13-6-5-10(8-11(13)14)12(13,2)3/h10H,4-9H2,1-3H3. The number of hydrogen-bond acceptors (Lipinski definition) is 4. The predicted molar refractivity (Wildman–Crippen MR) is 68.6 cm³/mol. The molecule has 2 saturated carbocycles. The summed E-state index contributed by atoms with van der Waals surface area (Å²) in [5, 5.41) is 0. The van der Waals surface area contributed by atoms with Crippen LogP contribution >= 0.6 is 0 Å². The summed E-state index contributed by atoms with van der Waals surface area (Å²) in [4.78, 5) is 12.2. The first-order valence-corrected chi connectivity index (χ1v) is 8.23. The zero-order valence-corrected chi connectivity index (χ0v) is 12.2. The van der Waals surface area contributed by atoms with Gasteiger partial charge in [-0.2, -0.15) is 8.42 Å². The fourth-order valence-corrected chi connectivity index (χ4v) is 5.45. The van der Waals surface area contributed by atoms with Crippen molar-refractivity contribution in [2.24, 2.45) is 16.7 Å². The molecule has 104 valence electrons. The molecule has 2 aliphatic rings. The zero-order valence-electron chi connectivity index (χ0n) is 11.4. The van der Waals surface area contributed by atoms with E-state index < -0.39 is 15.5 Å². The van der Waals surface area contributed by atoms with Crippen molar-refractivity contribution >= 4 is 15.9 Å². The van der Waals surface area contributed by atoms with Gasteiger partial charge in [-0.25, -0.2) is 0 Å². The zero-order chi connectivity index (χ0) is 13.6. The van der Waals surface area contributed by atoms with Gasteiger partial charge in [0, 0.05) is 6.42 Å². The van der Waals surface area contributed by atoms with Gasteiger partial charge in [0.2, 0.25) is 0 Å². The number of ketones is 1. The Bertz CT molecular complexity index is 452. The molecular weight excluding hydrogens is 252 g/mol. The van der Waals surface area contributed by atoms with Gasteiger partial charge in [0.15, 0.2) is 0 Å². The Morgan fingerprint density at radius 3 is 2.50 bits per heavy atom. The molecule has 0 aromatic rings. The summed E-state index contributed by atoms with van der Waals surface area (Å²) >= 11 is 0. The van der Waals surface area contributed by atoms with Crippen molar-refractivity contribution in [3.63, 3.8) is 0 Å². The molecule has 0 aromatic carbocycles. The van der Waals surface area contributed by atoms with E-state index in [1.807, 2.05) is 20.8 Å². The normalized spacial score (nSPS) is 34.2. The molecule has 0 aromatic heterocycles. The average molecular weight is 274 g/mol. The van der Waals surface area contributed by atoms with Crippen LogP contribution in [0.25, 0.3) is 0 Å². The van der Waals surface area contributed by atoms with Crippen LogP contribution in [0, 0.1) is 16.7 Å². The first-order valence-electron chi connectivity index (χ1n) is 6.65. The second-order valence-electron chi connectivity index (χ2n) is 6.19. The van der Waals surface area contributed by atoms with Crippen LogP contribution < -0.4 is 0 Å². The molecular formula is C13H22O4S. The van der Waals surface area contributed by atoms with E-state index >= 15 is 0 Å². The lowest BCUT2D eigenvalue weighted by molar-refractivity contribution is -0.128. The van der Waals surface area contributed by atoms with Crippen LogP contribution in [0.4, 0.5) is 0 Å². The maximum Gasteiger partial charge on any atom is 0.268 e. The van der Waals surface area contributed by atoms with Crippen LogP contribution in [-0.2, 0) is 19.1 Å². The van der Waals surface area contributed by atoms with Gasteiger partial charge in [-0.3, -0.25) is 8.98 Å². The highest BCUT2D eigenvalue weighted by atomic mass is 32.2. The number of fused-ring (bicyclic) bond motifs is 2. The molecule has 2 fully saturated rings. The Balaban J connectivity index is 2.24. The van der Waals surface area contributed by atoms with E-state index in [2.05, 4.69) is 0 Å². The van der Waals surface area contributed by atoms with Crippen molar-refractivity contribution in [2.45, 2.75) is 46.5 Å². The molecule has 2 unspecified atom stereocenters. The smallest absolute Gasteiger partial charge is 0.268 e. The van der Waals surface area contributed by atoms with Crippen LogP contribution in [0.15, 0.2) is 0 Å². The van der Waals surface area contributed by atoms with Crippen molar-refractivity contribution in [1.82, 2.24) is 0 Å². The Labute approximate surface area is 109 Å². The Hall–Kier alpha value is -0.420. The molecule has 0 N–H and O–H groups in total. The number of Topliss-reactive ketones (excluding diaryl/α,β-unsaturated/α-hetero) is 1. The molecule has 0 spiro atoms. The monoisotopic (exact) mass is 274 g/mol. The van der Waals surface area contributed by atoms with E-state index in [0.29, 0.717) is 25.2 Å². The van der Waals surface area contributed by atoms with Gasteiger partial charge in [0.05, 0.1) is 17.8 Å². The first kappa shape index (κ1) is 14.0. The van der Waals surface area contributed by atoms with Crippen LogP contribution in [0.3, 0.4) is 0 Å². The highest BCUT2D eigenvalue weighted by Crippen LogP contribution is 2.64. The van der Waals surface area contributed by atoms with Gasteiger partial charge >= 0.3 is 0 Å². The van der Waals surface area contributed by atoms with Crippen LogP contribution in [0.5, 0.6) is 0 Å². The maximum absolute atomic E-state index is 12.2. The van der Waals surface area contributed by atoms with E-state index in [0.717, 1.165) is 6.42 Å². The topological polar surface area (TPSA) is 60.4 Å². The summed E-state index contributed by atoms with van der Waals surface area (Å²) in [5.41, 5.74) is -0.920. The van der Waals surface area contributed by atoms with E-state index in [4.69, 9.17) is 4.18 Å². The lowest BCUT2D eigenvalue weighted by Crippen LogP contribution is -2.42. The molecule has 0 aliphatic heterocycles. The van der Waals surface area contributed by atoms with Crippen molar-refractivity contribution in [2.75, 3.05) is 12.4 Å². The minimum atomic E-state index is -3.60. The lowest BCUT2D eigenvalue weighted by Gasteiger charge is -2.35. The SMILES string of the molecule is CCCOS(=O)(=O)CC12CCC(CC1=O)C2(C)C. The number of carbonyl (C=O) groups excluding carboxylic acids is 1. The van der Waals surface area contributed by atoms with Gasteiger partial charge in [0.1, 0.15) is 5.78 Å². The van der Waals surface area contributed by atoms with Crippen LogP contribution in [0.1, 0.15) is 46.5 Å². The highest BCUT2D eigenvalue weighted by molar-refractivity contribution is 7.86. The third-order valence-corrected chi connectivity index (χ3v) is 6.40. The number of hydrogen-bond donors (Lipinski definition) is 0. The maximum atomic E-state index is 12.2. The summed E-state index contributed by atoms with van der Waals surface area (Å²) in [6.07, 6.45) is 2.85. The van der Waals surface area contributed by atoms with Crippen LogP contribution in [0.2, 0.25) is 0 Å². The van der Waals surface area contributed by atoms with E-state index in [1.165, 1.54) is 0 Å². The third kappa shape index (κ3) is 1.92. The second kappa shape index (κ2) is 4.30. The summed E-state index contributed by atoms with van der Waals surface area (Å²) in [7, 11) is -3.60. The number of rotatable bonds is 5. The van der Waals surface area contributed by atoms with Crippen molar-refractivity contribution in [3.8, 4) is 0 Å². The summed E-state index contributed by atoms with van der Waals surface area (Å²) in [5.74, 6) is 0.321. The Morgan fingerprint density at radius 2 is 2.06 bits per heavy atom. The molecule has 0 radical (unpaired) electrons. The van der Waals surface area contributed by atoms with E-state index in [1.54, 1.807) is 0 Å². The molecule has 18 heavy (non-hydrogen) atoms. The fourth-order valence-electron chi connectivity index (χ4n) is 3.66. The summed E-state index contributed by atoms with van der Waals surface area (Å²) in [6.45, 7) is 6.14. The molecule has 2 bridgehead atoms. The van der Waals surface area contributed by atoms with E-state index in [-0.39, 0.29) is 23.6 Å². The largest absolute Gasteiger partial charge is 0.299 e. The van der Waals surface area contributed by atoms with Gasteiger partial charge in [-0.05, 0) is 30.6 Å². The van der Waals surface area contributed by atoms with Gasteiger partial charge in [-0.15, -0.1) is 0 Å². The molecule has 2 aliphatic carbocycles. The quantitative estimate of drug-likeness (QED) is 0.721. The Morgan fingerprint density at radius 1 is 1.39 bits per heavy atom. The molecule has 2 rings (SSSR count). The van der Waals surface area contributed by atoms with Crippen molar-refractivity contribution in [1.29, 1.82) is 0 Å². The molecule has 0 heterocycles. The minimum absolute atomic E-state index is 0.118. The van der Waals surface area contributed by atoms with Crippen LogP contribution in [-0.4, -0.2) is 26.6 Å². The van der Waals surface area contributed by atoms with Crippen molar-refractivity contribution < 1.29 is 17.4 Å². The summed E-state index contributed by atoms with van der Waals surface area (Å²) in [6, 6.07) is 0. The summed E-state index contributed by atoms with van der Waals surface area (Å²) < 4.78 is 28.9. The van der Waals surface area contributed by atoms with Crippen molar-refractivity contribution in [3.05, 3.63) is 0 Å². The second-order valence-corrected chi connectivity index (χ2v) is 7.83.